The smallest absolute Gasteiger partial charge is 0.166 e. The highest BCUT2D eigenvalue weighted by Crippen LogP contribution is 2.17. The summed E-state index contributed by atoms with van der Waals surface area (Å²) in [6.07, 6.45) is 4.15. The summed E-state index contributed by atoms with van der Waals surface area (Å²) in [4.78, 5) is 6.45. The minimum atomic E-state index is -0.312. The molecule has 1 atom stereocenters. The van der Waals surface area contributed by atoms with E-state index in [-0.39, 0.29) is 5.82 Å². The van der Waals surface area contributed by atoms with Gasteiger partial charge in [-0.3, -0.25) is 4.90 Å². The maximum Gasteiger partial charge on any atom is 0.166 e. The van der Waals surface area contributed by atoms with Crippen LogP contribution in [-0.2, 0) is 0 Å². The van der Waals surface area contributed by atoms with E-state index >= 15 is 0 Å². The number of hydrogen-bond donors (Lipinski definition) is 1. The van der Waals surface area contributed by atoms with Crippen molar-refractivity contribution in [1.29, 1.82) is 0 Å². The van der Waals surface area contributed by atoms with Crippen molar-refractivity contribution < 1.29 is 4.39 Å². The third-order valence-corrected chi connectivity index (χ3v) is 3.57. The highest BCUT2D eigenvalue weighted by Gasteiger charge is 2.18. The van der Waals surface area contributed by atoms with Gasteiger partial charge in [-0.1, -0.05) is 0 Å². The van der Waals surface area contributed by atoms with Crippen molar-refractivity contribution >= 4 is 21.7 Å². The van der Waals surface area contributed by atoms with Gasteiger partial charge in [0.05, 0.1) is 0 Å². The van der Waals surface area contributed by atoms with Crippen LogP contribution in [0.25, 0.3) is 0 Å². The zero-order valence-electron chi connectivity index (χ0n) is 9.92. The van der Waals surface area contributed by atoms with Gasteiger partial charge in [-0.2, -0.15) is 0 Å². The SMILES string of the molecule is CC(CNc1ncc(Br)cc1F)N1CCCC1. The summed E-state index contributed by atoms with van der Waals surface area (Å²) in [6.45, 7) is 5.19. The van der Waals surface area contributed by atoms with Crippen LogP contribution < -0.4 is 5.32 Å². The minimum Gasteiger partial charge on any atom is -0.366 e. The topological polar surface area (TPSA) is 28.2 Å². The average molecular weight is 302 g/mol. The molecule has 1 unspecified atom stereocenters. The van der Waals surface area contributed by atoms with Gasteiger partial charge in [-0.15, -0.1) is 0 Å². The fourth-order valence-electron chi connectivity index (χ4n) is 2.10. The van der Waals surface area contributed by atoms with Crippen LogP contribution >= 0.6 is 15.9 Å². The molecule has 0 aromatic carbocycles. The quantitative estimate of drug-likeness (QED) is 0.927. The summed E-state index contributed by atoms with van der Waals surface area (Å²) in [5, 5.41) is 3.07. The number of pyridine rings is 1. The third kappa shape index (κ3) is 3.39. The van der Waals surface area contributed by atoms with E-state index in [1.165, 1.54) is 18.9 Å². The van der Waals surface area contributed by atoms with E-state index < -0.39 is 0 Å². The fourth-order valence-corrected chi connectivity index (χ4v) is 2.40. The average Bonchev–Trinajstić information content (AvgIpc) is 2.81. The van der Waals surface area contributed by atoms with Gasteiger partial charge in [-0.05, 0) is 54.9 Å². The molecule has 1 fully saturated rings. The Hall–Kier alpha value is -0.680. The van der Waals surface area contributed by atoms with Crippen LogP contribution in [0.5, 0.6) is 0 Å². The second-order valence-corrected chi connectivity index (χ2v) is 5.37. The van der Waals surface area contributed by atoms with E-state index in [2.05, 4.69) is 38.1 Å². The van der Waals surface area contributed by atoms with Crippen LogP contribution in [0.1, 0.15) is 19.8 Å². The van der Waals surface area contributed by atoms with Crippen molar-refractivity contribution in [2.75, 3.05) is 25.0 Å². The molecule has 3 nitrogen and oxygen atoms in total. The maximum atomic E-state index is 13.5. The fraction of sp³-hybridized carbons (Fsp3) is 0.583. The predicted octanol–water partition coefficient (Wildman–Crippen LogP) is 2.88. The largest absolute Gasteiger partial charge is 0.366 e. The van der Waals surface area contributed by atoms with Crippen molar-refractivity contribution in [2.45, 2.75) is 25.8 Å². The number of anilines is 1. The molecule has 2 rings (SSSR count). The van der Waals surface area contributed by atoms with Gasteiger partial charge in [0.1, 0.15) is 0 Å². The van der Waals surface area contributed by atoms with Gasteiger partial charge in [0, 0.05) is 23.3 Å². The Labute approximate surface area is 110 Å². The van der Waals surface area contributed by atoms with E-state index in [0.29, 0.717) is 16.3 Å². The monoisotopic (exact) mass is 301 g/mol. The highest BCUT2D eigenvalue weighted by atomic mass is 79.9. The lowest BCUT2D eigenvalue weighted by Crippen LogP contribution is -2.35. The number of rotatable bonds is 4. The van der Waals surface area contributed by atoms with E-state index in [4.69, 9.17) is 0 Å². The van der Waals surface area contributed by atoms with Gasteiger partial charge < -0.3 is 5.32 Å². The molecule has 0 aliphatic carbocycles. The highest BCUT2D eigenvalue weighted by molar-refractivity contribution is 9.10. The van der Waals surface area contributed by atoms with Crippen LogP contribution in [0.3, 0.4) is 0 Å². The molecule has 0 spiro atoms. The molecular formula is C12H17BrFN3. The Morgan fingerprint density at radius 3 is 2.88 bits per heavy atom. The van der Waals surface area contributed by atoms with Crippen molar-refractivity contribution in [3.63, 3.8) is 0 Å². The lowest BCUT2D eigenvalue weighted by atomic mass is 10.3. The first-order valence-electron chi connectivity index (χ1n) is 5.96. The number of hydrogen-bond acceptors (Lipinski definition) is 3. The predicted molar refractivity (Wildman–Crippen MR) is 70.7 cm³/mol. The van der Waals surface area contributed by atoms with Gasteiger partial charge in [0.15, 0.2) is 11.6 Å². The summed E-state index contributed by atoms with van der Waals surface area (Å²) < 4.78 is 14.2. The molecule has 17 heavy (non-hydrogen) atoms. The van der Waals surface area contributed by atoms with E-state index in [1.807, 2.05) is 0 Å². The molecule has 0 amide bonds. The van der Waals surface area contributed by atoms with Crippen molar-refractivity contribution in [2.24, 2.45) is 0 Å². The van der Waals surface area contributed by atoms with E-state index in [1.54, 1.807) is 6.20 Å². The standard InChI is InChI=1S/C12H17BrFN3/c1-9(17-4-2-3-5-17)7-15-12-11(14)6-10(13)8-16-12/h6,8-9H,2-5,7H2,1H3,(H,15,16). The van der Waals surface area contributed by atoms with Crippen LogP contribution in [0.4, 0.5) is 10.2 Å². The van der Waals surface area contributed by atoms with E-state index in [0.717, 1.165) is 19.6 Å². The summed E-state index contributed by atoms with van der Waals surface area (Å²) in [5.74, 6) is 0.0206. The number of nitrogens with zero attached hydrogens (tertiary/aromatic N) is 2. The normalized spacial score (nSPS) is 18.3. The number of likely N-dealkylation sites (tertiary alicyclic amines) is 1. The molecule has 0 saturated carbocycles. The maximum absolute atomic E-state index is 13.5. The Balaban J connectivity index is 1.88. The number of halogens is 2. The zero-order chi connectivity index (χ0) is 12.3. The number of aromatic nitrogens is 1. The second-order valence-electron chi connectivity index (χ2n) is 4.46. The molecule has 1 aliphatic heterocycles. The molecule has 1 aliphatic rings. The number of nitrogens with one attached hydrogen (secondary N) is 1. The third-order valence-electron chi connectivity index (χ3n) is 3.14. The zero-order valence-corrected chi connectivity index (χ0v) is 11.5. The summed E-state index contributed by atoms with van der Waals surface area (Å²) in [7, 11) is 0. The summed E-state index contributed by atoms with van der Waals surface area (Å²) >= 11 is 3.19. The first-order valence-corrected chi connectivity index (χ1v) is 6.75. The van der Waals surface area contributed by atoms with Gasteiger partial charge in [0.2, 0.25) is 0 Å². The molecular weight excluding hydrogens is 285 g/mol. The molecule has 2 heterocycles. The molecule has 1 N–H and O–H groups in total. The molecule has 5 heteroatoms. The molecule has 1 aromatic rings. The second kappa shape index (κ2) is 5.78. The lowest BCUT2D eigenvalue weighted by Gasteiger charge is -2.24. The molecule has 1 aromatic heterocycles. The Morgan fingerprint density at radius 2 is 2.24 bits per heavy atom. The van der Waals surface area contributed by atoms with Crippen molar-refractivity contribution in [3.8, 4) is 0 Å². The van der Waals surface area contributed by atoms with Crippen molar-refractivity contribution in [1.82, 2.24) is 9.88 Å². The molecule has 0 bridgehead atoms. The Bertz CT molecular complexity index is 380. The molecule has 1 saturated heterocycles. The van der Waals surface area contributed by atoms with Crippen LogP contribution in [-0.4, -0.2) is 35.6 Å². The van der Waals surface area contributed by atoms with Crippen LogP contribution in [0.15, 0.2) is 16.7 Å². The van der Waals surface area contributed by atoms with Gasteiger partial charge in [-0.25, -0.2) is 9.37 Å². The van der Waals surface area contributed by atoms with Crippen LogP contribution in [0, 0.1) is 5.82 Å². The van der Waals surface area contributed by atoms with Crippen molar-refractivity contribution in [3.05, 3.63) is 22.6 Å². The lowest BCUT2D eigenvalue weighted by molar-refractivity contribution is 0.269. The minimum absolute atomic E-state index is 0.312. The summed E-state index contributed by atoms with van der Waals surface area (Å²) in [6, 6.07) is 1.85. The van der Waals surface area contributed by atoms with Gasteiger partial charge >= 0.3 is 0 Å². The van der Waals surface area contributed by atoms with Gasteiger partial charge in [0.25, 0.3) is 0 Å². The Kier molecular flexibility index (Phi) is 4.34. The Morgan fingerprint density at radius 1 is 1.53 bits per heavy atom. The first kappa shape index (κ1) is 12.8. The van der Waals surface area contributed by atoms with Crippen LogP contribution in [0.2, 0.25) is 0 Å². The van der Waals surface area contributed by atoms with E-state index in [9.17, 15) is 4.39 Å². The molecule has 94 valence electrons. The first-order chi connectivity index (χ1) is 8.16. The summed E-state index contributed by atoms with van der Waals surface area (Å²) in [5.41, 5.74) is 0. The molecule has 0 radical (unpaired) electrons.